The smallest absolute Gasteiger partial charge is 0.277 e. The van der Waals surface area contributed by atoms with Crippen LogP contribution in [-0.4, -0.2) is 33.5 Å². The average molecular weight is 460 g/mol. The summed E-state index contributed by atoms with van der Waals surface area (Å²) in [4.78, 5) is 37.3. The van der Waals surface area contributed by atoms with Gasteiger partial charge in [0.05, 0.1) is 17.2 Å². The molecule has 1 fully saturated rings. The summed E-state index contributed by atoms with van der Waals surface area (Å²) in [6.45, 7) is 3.30. The summed E-state index contributed by atoms with van der Waals surface area (Å²) >= 11 is 1.41. The van der Waals surface area contributed by atoms with Gasteiger partial charge in [-0.2, -0.15) is 0 Å². The van der Waals surface area contributed by atoms with Gasteiger partial charge in [0.25, 0.3) is 5.56 Å². The van der Waals surface area contributed by atoms with Gasteiger partial charge in [0.2, 0.25) is 11.9 Å². The molecule has 0 aliphatic carbocycles. The van der Waals surface area contributed by atoms with Crippen LogP contribution in [0.3, 0.4) is 0 Å². The second-order valence-corrected chi connectivity index (χ2v) is 9.22. The molecule has 1 N–H and O–H groups in total. The molecule has 1 aliphatic rings. The number of rotatable bonds is 5. The van der Waals surface area contributed by atoms with Gasteiger partial charge < -0.3 is 10.2 Å². The van der Waals surface area contributed by atoms with E-state index in [2.05, 4.69) is 15.2 Å². The number of piperidine rings is 1. The third kappa shape index (κ3) is 4.26. The molecule has 0 spiro atoms. The molecule has 1 amide bonds. The summed E-state index contributed by atoms with van der Waals surface area (Å²) in [5, 5.41) is 5.02. The Morgan fingerprint density at radius 3 is 2.64 bits per heavy atom. The van der Waals surface area contributed by atoms with Crippen LogP contribution in [0.25, 0.3) is 15.9 Å². The van der Waals surface area contributed by atoms with Crippen molar-refractivity contribution in [3.63, 3.8) is 0 Å². The number of hydrogen-bond acceptors (Lipinski definition) is 6. The molecular weight excluding hydrogens is 434 g/mol. The van der Waals surface area contributed by atoms with E-state index in [1.807, 2.05) is 60.8 Å². The predicted molar refractivity (Wildman–Crippen MR) is 131 cm³/mol. The SMILES string of the molecule is CC(NC(=O)C1CCN(c2nc3ccsc3c(=O)n2-c2ccccc2)CC1)c1cccnc1. The fourth-order valence-corrected chi connectivity index (χ4v) is 5.07. The Balaban J connectivity index is 1.35. The molecule has 0 saturated carbocycles. The van der Waals surface area contributed by atoms with Gasteiger partial charge in [-0.3, -0.25) is 14.6 Å². The van der Waals surface area contributed by atoms with Gasteiger partial charge in [-0.25, -0.2) is 9.55 Å². The number of hydrogen-bond donors (Lipinski definition) is 1. The Kier molecular flexibility index (Phi) is 5.92. The lowest BCUT2D eigenvalue weighted by atomic mass is 9.95. The van der Waals surface area contributed by atoms with Gasteiger partial charge in [0.1, 0.15) is 4.70 Å². The summed E-state index contributed by atoms with van der Waals surface area (Å²) in [5.74, 6) is 0.634. The van der Waals surface area contributed by atoms with E-state index in [9.17, 15) is 9.59 Å². The van der Waals surface area contributed by atoms with Crippen molar-refractivity contribution < 1.29 is 4.79 Å². The first-order valence-corrected chi connectivity index (χ1v) is 12.0. The predicted octanol–water partition coefficient (Wildman–Crippen LogP) is 3.94. The Morgan fingerprint density at radius 2 is 1.91 bits per heavy atom. The quantitative estimate of drug-likeness (QED) is 0.489. The molecule has 1 atom stereocenters. The van der Waals surface area contributed by atoms with Crippen molar-refractivity contribution in [2.75, 3.05) is 18.0 Å². The zero-order valence-electron chi connectivity index (χ0n) is 18.3. The summed E-state index contributed by atoms with van der Waals surface area (Å²) < 4.78 is 2.35. The molecule has 33 heavy (non-hydrogen) atoms. The number of nitrogens with zero attached hydrogens (tertiary/aromatic N) is 4. The third-order valence-electron chi connectivity index (χ3n) is 6.17. The minimum Gasteiger partial charge on any atom is -0.349 e. The van der Waals surface area contributed by atoms with Crippen LogP contribution in [0.5, 0.6) is 0 Å². The minimum absolute atomic E-state index is 0.0543. The van der Waals surface area contributed by atoms with Crippen LogP contribution in [0.2, 0.25) is 0 Å². The van der Waals surface area contributed by atoms with Gasteiger partial charge in [0, 0.05) is 31.4 Å². The number of para-hydroxylation sites is 1. The van der Waals surface area contributed by atoms with E-state index in [0.717, 1.165) is 16.8 Å². The second kappa shape index (κ2) is 9.15. The Labute approximate surface area is 195 Å². The maximum atomic E-state index is 13.3. The van der Waals surface area contributed by atoms with E-state index in [1.54, 1.807) is 17.0 Å². The van der Waals surface area contributed by atoms with Crippen LogP contribution >= 0.6 is 11.3 Å². The van der Waals surface area contributed by atoms with Gasteiger partial charge >= 0.3 is 0 Å². The lowest BCUT2D eigenvalue weighted by Gasteiger charge is -2.33. The number of benzene rings is 1. The van der Waals surface area contributed by atoms with Crippen molar-refractivity contribution in [2.24, 2.45) is 5.92 Å². The molecule has 5 rings (SSSR count). The van der Waals surface area contributed by atoms with E-state index in [-0.39, 0.29) is 23.4 Å². The van der Waals surface area contributed by atoms with E-state index in [4.69, 9.17) is 4.98 Å². The first kappa shape index (κ1) is 21.3. The number of carbonyl (C=O) groups is 1. The standard InChI is InChI=1S/C25H25N5O2S/c1-17(19-6-5-12-26-16-19)27-23(31)18-9-13-29(14-10-18)25-28-21-11-15-33-22(21)24(32)30(25)20-7-3-2-4-8-20/h2-8,11-12,15-18H,9-10,13-14H2,1H3,(H,27,31). The van der Waals surface area contributed by atoms with Crippen LogP contribution in [0.1, 0.15) is 31.4 Å². The normalized spacial score (nSPS) is 15.5. The van der Waals surface area contributed by atoms with Crippen molar-refractivity contribution in [3.05, 3.63) is 82.2 Å². The molecule has 1 saturated heterocycles. The zero-order valence-corrected chi connectivity index (χ0v) is 19.2. The number of pyridine rings is 1. The second-order valence-electron chi connectivity index (χ2n) is 8.30. The summed E-state index contributed by atoms with van der Waals surface area (Å²) in [6, 6.07) is 15.3. The molecule has 8 heteroatoms. The Hall–Kier alpha value is -3.52. The lowest BCUT2D eigenvalue weighted by Crippen LogP contribution is -2.43. The largest absolute Gasteiger partial charge is 0.349 e. The Morgan fingerprint density at radius 1 is 1.12 bits per heavy atom. The average Bonchev–Trinajstić information content (AvgIpc) is 3.34. The van der Waals surface area contributed by atoms with Crippen molar-refractivity contribution >= 4 is 33.4 Å². The maximum Gasteiger partial charge on any atom is 0.277 e. The maximum absolute atomic E-state index is 13.3. The molecule has 0 radical (unpaired) electrons. The van der Waals surface area contributed by atoms with E-state index in [1.165, 1.54) is 11.3 Å². The molecule has 4 aromatic rings. The van der Waals surface area contributed by atoms with E-state index >= 15 is 0 Å². The minimum atomic E-state index is -0.0878. The van der Waals surface area contributed by atoms with Crippen molar-refractivity contribution in [1.29, 1.82) is 0 Å². The molecule has 1 aromatic carbocycles. The zero-order chi connectivity index (χ0) is 22.8. The number of amides is 1. The number of anilines is 1. The number of nitrogens with one attached hydrogen (secondary N) is 1. The van der Waals surface area contributed by atoms with E-state index < -0.39 is 0 Å². The first-order valence-electron chi connectivity index (χ1n) is 11.1. The Bertz CT molecular complexity index is 1310. The number of thiophene rings is 1. The van der Waals surface area contributed by atoms with Gasteiger partial charge in [-0.15, -0.1) is 11.3 Å². The summed E-state index contributed by atoms with van der Waals surface area (Å²) in [7, 11) is 0. The highest BCUT2D eigenvalue weighted by atomic mass is 32.1. The summed E-state index contributed by atoms with van der Waals surface area (Å²) in [6.07, 6.45) is 4.92. The molecule has 1 aliphatic heterocycles. The molecule has 168 valence electrons. The van der Waals surface area contributed by atoms with Crippen LogP contribution in [0.4, 0.5) is 5.95 Å². The van der Waals surface area contributed by atoms with Crippen molar-refractivity contribution in [2.45, 2.75) is 25.8 Å². The fraction of sp³-hybridized carbons (Fsp3) is 0.280. The van der Waals surface area contributed by atoms with Gasteiger partial charge in [0.15, 0.2) is 0 Å². The number of carbonyl (C=O) groups excluding carboxylic acids is 1. The first-order chi connectivity index (χ1) is 16.1. The van der Waals surface area contributed by atoms with Crippen LogP contribution in [-0.2, 0) is 4.79 Å². The fourth-order valence-electron chi connectivity index (χ4n) is 4.31. The lowest BCUT2D eigenvalue weighted by molar-refractivity contribution is -0.126. The molecule has 1 unspecified atom stereocenters. The number of aromatic nitrogens is 3. The van der Waals surface area contributed by atoms with E-state index in [0.29, 0.717) is 36.6 Å². The highest BCUT2D eigenvalue weighted by molar-refractivity contribution is 7.17. The van der Waals surface area contributed by atoms with Gasteiger partial charge in [-0.1, -0.05) is 24.3 Å². The summed E-state index contributed by atoms with van der Waals surface area (Å²) in [5.41, 5.74) is 2.45. The molecular formula is C25H25N5O2S. The molecule has 7 nitrogen and oxygen atoms in total. The topological polar surface area (TPSA) is 80.1 Å². The van der Waals surface area contributed by atoms with Crippen LogP contribution in [0.15, 0.2) is 71.1 Å². The van der Waals surface area contributed by atoms with Crippen molar-refractivity contribution in [1.82, 2.24) is 19.9 Å². The van der Waals surface area contributed by atoms with Gasteiger partial charge in [-0.05, 0) is 55.0 Å². The highest BCUT2D eigenvalue weighted by Crippen LogP contribution is 2.27. The van der Waals surface area contributed by atoms with Crippen LogP contribution in [0, 0.1) is 5.92 Å². The highest BCUT2D eigenvalue weighted by Gasteiger charge is 2.29. The van der Waals surface area contributed by atoms with Crippen LogP contribution < -0.4 is 15.8 Å². The molecule has 3 aromatic heterocycles. The number of fused-ring (bicyclic) bond motifs is 1. The molecule has 4 heterocycles. The monoisotopic (exact) mass is 459 g/mol. The third-order valence-corrected chi connectivity index (χ3v) is 7.06. The van der Waals surface area contributed by atoms with Crippen molar-refractivity contribution in [3.8, 4) is 5.69 Å². The molecule has 0 bridgehead atoms.